The average molecular weight is 300 g/mol. The number of hydrogen-bond donors (Lipinski definition) is 1. The summed E-state index contributed by atoms with van der Waals surface area (Å²) in [7, 11) is 2.00. The predicted molar refractivity (Wildman–Crippen MR) is 93.7 cm³/mol. The van der Waals surface area contributed by atoms with Crippen LogP contribution in [0.2, 0.25) is 0 Å². The molecular weight excluding hydrogens is 284 g/mol. The topological polar surface area (TPSA) is 42.7 Å². The van der Waals surface area contributed by atoms with Gasteiger partial charge in [-0.15, -0.1) is 0 Å². The Morgan fingerprint density at radius 1 is 0.826 bits per heavy atom. The minimum atomic E-state index is 0.721. The van der Waals surface area contributed by atoms with Crippen LogP contribution in [0, 0.1) is 0 Å². The molecule has 0 fully saturated rings. The molecule has 0 bridgehead atoms. The van der Waals surface area contributed by atoms with E-state index >= 15 is 0 Å². The van der Waals surface area contributed by atoms with E-state index in [0.29, 0.717) is 0 Å². The van der Waals surface area contributed by atoms with E-state index in [1.54, 1.807) is 0 Å². The summed E-state index contributed by atoms with van der Waals surface area (Å²) in [4.78, 5) is 9.46. The van der Waals surface area contributed by atoms with Crippen molar-refractivity contribution in [1.82, 2.24) is 14.5 Å². The number of fused-ring (bicyclic) bond motifs is 1. The second-order valence-electron chi connectivity index (χ2n) is 5.42. The Kier molecular flexibility index (Phi) is 3.27. The number of rotatable bonds is 3. The Hall–Kier alpha value is -3.14. The van der Waals surface area contributed by atoms with Crippen molar-refractivity contribution in [2.75, 3.05) is 5.32 Å². The Balaban J connectivity index is 1.88. The van der Waals surface area contributed by atoms with Crippen molar-refractivity contribution in [3.8, 4) is 11.4 Å². The van der Waals surface area contributed by atoms with Gasteiger partial charge in [0.15, 0.2) is 5.82 Å². The molecule has 0 aliphatic heterocycles. The Morgan fingerprint density at radius 3 is 2.26 bits per heavy atom. The van der Waals surface area contributed by atoms with E-state index in [9.17, 15) is 0 Å². The summed E-state index contributed by atoms with van der Waals surface area (Å²) in [6.45, 7) is 0. The van der Waals surface area contributed by atoms with Crippen molar-refractivity contribution in [3.05, 3.63) is 72.9 Å². The molecule has 0 spiro atoms. The van der Waals surface area contributed by atoms with Crippen LogP contribution in [0.3, 0.4) is 0 Å². The monoisotopic (exact) mass is 300 g/mol. The molecule has 0 radical (unpaired) electrons. The van der Waals surface area contributed by atoms with Crippen LogP contribution < -0.4 is 5.32 Å². The lowest BCUT2D eigenvalue weighted by atomic mass is 10.2. The van der Waals surface area contributed by atoms with E-state index in [2.05, 4.69) is 5.32 Å². The summed E-state index contributed by atoms with van der Waals surface area (Å²) in [5.74, 6) is 1.54. The van der Waals surface area contributed by atoms with Crippen molar-refractivity contribution in [1.29, 1.82) is 0 Å². The SMILES string of the molecule is Cn1ccc2c(Nc3ccccc3)nc(-c3ccccc3)nc21. The van der Waals surface area contributed by atoms with Gasteiger partial charge in [0.25, 0.3) is 0 Å². The molecule has 0 unspecified atom stereocenters. The minimum absolute atomic E-state index is 0.721. The first-order chi connectivity index (χ1) is 11.3. The fraction of sp³-hybridized carbons (Fsp3) is 0.0526. The highest BCUT2D eigenvalue weighted by molar-refractivity contribution is 5.91. The highest BCUT2D eigenvalue weighted by atomic mass is 15.1. The molecule has 2 aromatic carbocycles. The first kappa shape index (κ1) is 13.5. The molecule has 1 N–H and O–H groups in total. The number of para-hydroxylation sites is 1. The van der Waals surface area contributed by atoms with Gasteiger partial charge in [-0.05, 0) is 18.2 Å². The van der Waals surface area contributed by atoms with Crippen LogP contribution in [0.1, 0.15) is 0 Å². The maximum absolute atomic E-state index is 4.74. The van der Waals surface area contributed by atoms with Crippen molar-refractivity contribution < 1.29 is 0 Å². The molecule has 0 amide bonds. The van der Waals surface area contributed by atoms with Crippen LogP contribution in [0.25, 0.3) is 22.4 Å². The van der Waals surface area contributed by atoms with Gasteiger partial charge in [-0.3, -0.25) is 0 Å². The summed E-state index contributed by atoms with van der Waals surface area (Å²) < 4.78 is 2.01. The van der Waals surface area contributed by atoms with Crippen LogP contribution in [0.5, 0.6) is 0 Å². The van der Waals surface area contributed by atoms with Gasteiger partial charge in [0.2, 0.25) is 0 Å². The Bertz CT molecular complexity index is 943. The van der Waals surface area contributed by atoms with Gasteiger partial charge in [0, 0.05) is 24.5 Å². The van der Waals surface area contributed by atoms with Gasteiger partial charge in [-0.25, -0.2) is 9.97 Å². The van der Waals surface area contributed by atoms with Crippen LogP contribution in [0.15, 0.2) is 72.9 Å². The maximum Gasteiger partial charge on any atom is 0.163 e. The lowest BCUT2D eigenvalue weighted by Gasteiger charge is -2.09. The predicted octanol–water partition coefficient (Wildman–Crippen LogP) is 4.38. The molecule has 23 heavy (non-hydrogen) atoms. The molecule has 4 heteroatoms. The summed E-state index contributed by atoms with van der Waals surface area (Å²) in [5.41, 5.74) is 2.93. The number of aromatic nitrogens is 3. The molecular formula is C19H16N4. The Labute approximate surface area is 134 Å². The number of anilines is 2. The van der Waals surface area contributed by atoms with Crippen LogP contribution in [0.4, 0.5) is 11.5 Å². The second-order valence-corrected chi connectivity index (χ2v) is 5.42. The maximum atomic E-state index is 4.74. The van der Waals surface area contributed by atoms with E-state index in [4.69, 9.17) is 9.97 Å². The normalized spacial score (nSPS) is 10.8. The molecule has 2 heterocycles. The first-order valence-corrected chi connectivity index (χ1v) is 7.52. The Morgan fingerprint density at radius 2 is 1.52 bits per heavy atom. The molecule has 0 atom stereocenters. The zero-order valence-electron chi connectivity index (χ0n) is 12.8. The van der Waals surface area contributed by atoms with Gasteiger partial charge in [-0.1, -0.05) is 48.5 Å². The van der Waals surface area contributed by atoms with Crippen LogP contribution in [-0.2, 0) is 7.05 Å². The zero-order chi connectivity index (χ0) is 15.6. The molecule has 2 aromatic heterocycles. The number of benzene rings is 2. The second kappa shape index (κ2) is 5.57. The van der Waals surface area contributed by atoms with Crippen LogP contribution >= 0.6 is 0 Å². The van der Waals surface area contributed by atoms with E-state index in [1.807, 2.05) is 84.5 Å². The number of hydrogen-bond acceptors (Lipinski definition) is 3. The highest BCUT2D eigenvalue weighted by Crippen LogP contribution is 2.27. The summed E-state index contributed by atoms with van der Waals surface area (Å²) in [6, 6.07) is 22.1. The molecule has 0 saturated heterocycles. The number of nitrogens with one attached hydrogen (secondary N) is 1. The third-order valence-corrected chi connectivity index (χ3v) is 3.79. The van der Waals surface area contributed by atoms with Crippen LogP contribution in [-0.4, -0.2) is 14.5 Å². The molecule has 0 aliphatic carbocycles. The quantitative estimate of drug-likeness (QED) is 0.610. The minimum Gasteiger partial charge on any atom is -0.340 e. The van der Waals surface area contributed by atoms with Gasteiger partial charge >= 0.3 is 0 Å². The molecule has 4 rings (SSSR count). The van der Waals surface area contributed by atoms with Crippen molar-refractivity contribution >= 4 is 22.5 Å². The smallest absolute Gasteiger partial charge is 0.163 e. The zero-order valence-corrected chi connectivity index (χ0v) is 12.8. The largest absolute Gasteiger partial charge is 0.340 e. The van der Waals surface area contributed by atoms with Gasteiger partial charge in [0.05, 0.1) is 5.39 Å². The standard InChI is InChI=1S/C19H16N4/c1-23-13-12-16-18(20-15-10-6-3-7-11-15)21-17(22-19(16)23)14-8-4-2-5-9-14/h2-13H,1H3,(H,20,21,22). The molecule has 112 valence electrons. The van der Waals surface area contributed by atoms with Crippen molar-refractivity contribution in [2.24, 2.45) is 7.05 Å². The van der Waals surface area contributed by atoms with Gasteiger partial charge in [0.1, 0.15) is 11.5 Å². The highest BCUT2D eigenvalue weighted by Gasteiger charge is 2.12. The third kappa shape index (κ3) is 2.55. The van der Waals surface area contributed by atoms with Crippen molar-refractivity contribution in [2.45, 2.75) is 0 Å². The first-order valence-electron chi connectivity index (χ1n) is 7.52. The lowest BCUT2D eigenvalue weighted by molar-refractivity contribution is 0.945. The molecule has 0 saturated carbocycles. The number of aryl methyl sites for hydroxylation is 1. The third-order valence-electron chi connectivity index (χ3n) is 3.79. The molecule has 4 nitrogen and oxygen atoms in total. The van der Waals surface area contributed by atoms with Gasteiger partial charge < -0.3 is 9.88 Å². The van der Waals surface area contributed by atoms with Crippen molar-refractivity contribution in [3.63, 3.8) is 0 Å². The summed E-state index contributed by atoms with van der Waals surface area (Å²) in [6.07, 6.45) is 2.00. The summed E-state index contributed by atoms with van der Waals surface area (Å²) in [5, 5.41) is 4.42. The van der Waals surface area contributed by atoms with Gasteiger partial charge in [-0.2, -0.15) is 0 Å². The van der Waals surface area contributed by atoms with E-state index in [1.165, 1.54) is 0 Å². The van der Waals surface area contributed by atoms with E-state index < -0.39 is 0 Å². The fourth-order valence-corrected chi connectivity index (χ4v) is 2.61. The summed E-state index contributed by atoms with van der Waals surface area (Å²) >= 11 is 0. The van der Waals surface area contributed by atoms with E-state index in [0.717, 1.165) is 33.9 Å². The molecule has 0 aliphatic rings. The fourth-order valence-electron chi connectivity index (χ4n) is 2.61. The van der Waals surface area contributed by atoms with E-state index in [-0.39, 0.29) is 0 Å². The number of nitrogens with zero attached hydrogens (tertiary/aromatic N) is 3. The molecule has 4 aromatic rings. The lowest BCUT2D eigenvalue weighted by Crippen LogP contribution is -2.00. The average Bonchev–Trinajstić information content (AvgIpc) is 2.98.